The standard InChI is InChI=1S/C24H31N5O3/c1-5-28-22(31)20-13-19(21(30)25-18-11-15(2)10-16(3)12-18)27-29(20)14-24(28,4)23(32)26-17-8-6-7-9-17/h10-13,17H,5-9,14H2,1-4H3,(H,25,30)(H,26,32)/t24-/m1/s1. The van der Waals surface area contributed by atoms with Crippen molar-refractivity contribution in [1.82, 2.24) is 20.0 Å². The van der Waals surface area contributed by atoms with Gasteiger partial charge in [-0.25, -0.2) is 0 Å². The van der Waals surface area contributed by atoms with Gasteiger partial charge in [0.05, 0.1) is 6.54 Å². The second-order valence-electron chi connectivity index (χ2n) is 9.18. The van der Waals surface area contributed by atoms with Crippen LogP contribution in [-0.2, 0) is 11.3 Å². The molecule has 2 aliphatic rings. The molecule has 1 aromatic carbocycles. The van der Waals surface area contributed by atoms with Crippen LogP contribution in [0.4, 0.5) is 5.69 Å². The lowest BCUT2D eigenvalue weighted by molar-refractivity contribution is -0.133. The SMILES string of the molecule is CCN1C(=O)c2cc(C(=O)Nc3cc(C)cc(C)c3)nn2C[C@]1(C)C(=O)NC1CCCC1. The number of rotatable bonds is 5. The van der Waals surface area contributed by atoms with Crippen LogP contribution in [0.25, 0.3) is 0 Å². The summed E-state index contributed by atoms with van der Waals surface area (Å²) < 4.78 is 1.50. The van der Waals surface area contributed by atoms with Crippen molar-refractivity contribution >= 4 is 23.4 Å². The van der Waals surface area contributed by atoms with Gasteiger partial charge in [-0.2, -0.15) is 5.10 Å². The van der Waals surface area contributed by atoms with E-state index in [0.717, 1.165) is 36.8 Å². The zero-order valence-corrected chi connectivity index (χ0v) is 19.2. The molecule has 1 fully saturated rings. The van der Waals surface area contributed by atoms with Crippen LogP contribution in [0.15, 0.2) is 24.3 Å². The highest BCUT2D eigenvalue weighted by atomic mass is 16.2. The molecule has 0 bridgehead atoms. The molecule has 1 aromatic heterocycles. The van der Waals surface area contributed by atoms with Gasteiger partial charge in [0, 0.05) is 24.3 Å². The van der Waals surface area contributed by atoms with Crippen LogP contribution in [0.1, 0.15) is 71.6 Å². The number of likely N-dealkylation sites (N-methyl/N-ethyl adjacent to an activating group) is 1. The number of hydrogen-bond acceptors (Lipinski definition) is 4. The smallest absolute Gasteiger partial charge is 0.276 e. The van der Waals surface area contributed by atoms with E-state index in [1.54, 1.807) is 11.8 Å². The first-order chi connectivity index (χ1) is 15.2. The van der Waals surface area contributed by atoms with Crippen molar-refractivity contribution in [2.45, 2.75) is 71.5 Å². The number of aryl methyl sites for hydroxylation is 2. The minimum Gasteiger partial charge on any atom is -0.351 e. The van der Waals surface area contributed by atoms with Crippen molar-refractivity contribution in [3.05, 3.63) is 46.8 Å². The first-order valence-corrected chi connectivity index (χ1v) is 11.3. The minimum atomic E-state index is -1.06. The van der Waals surface area contributed by atoms with Gasteiger partial charge in [0.2, 0.25) is 5.91 Å². The maximum atomic E-state index is 13.2. The van der Waals surface area contributed by atoms with Gasteiger partial charge in [0.25, 0.3) is 11.8 Å². The number of hydrogen-bond donors (Lipinski definition) is 2. The summed E-state index contributed by atoms with van der Waals surface area (Å²) in [7, 11) is 0. The number of carbonyl (C=O) groups is 3. The van der Waals surface area contributed by atoms with E-state index in [0.29, 0.717) is 17.9 Å². The number of fused-ring (bicyclic) bond motifs is 1. The lowest BCUT2D eigenvalue weighted by Crippen LogP contribution is -2.64. The quantitative estimate of drug-likeness (QED) is 0.751. The van der Waals surface area contributed by atoms with Crippen molar-refractivity contribution in [3.63, 3.8) is 0 Å². The molecule has 0 unspecified atom stereocenters. The third kappa shape index (κ3) is 4.01. The Hall–Kier alpha value is -3.16. The summed E-state index contributed by atoms with van der Waals surface area (Å²) in [6, 6.07) is 7.47. The molecule has 1 aliphatic carbocycles. The second-order valence-corrected chi connectivity index (χ2v) is 9.18. The van der Waals surface area contributed by atoms with Gasteiger partial charge in [-0.05, 0) is 63.8 Å². The number of amides is 3. The first-order valence-electron chi connectivity index (χ1n) is 11.3. The Bertz CT molecular complexity index is 1050. The second kappa shape index (κ2) is 8.41. The zero-order chi connectivity index (χ0) is 23.0. The summed E-state index contributed by atoms with van der Waals surface area (Å²) in [4.78, 5) is 40.9. The number of aromatic nitrogens is 2. The van der Waals surface area contributed by atoms with Crippen molar-refractivity contribution in [1.29, 1.82) is 0 Å². The molecule has 32 heavy (non-hydrogen) atoms. The van der Waals surface area contributed by atoms with Gasteiger partial charge in [-0.3, -0.25) is 19.1 Å². The Morgan fingerprint density at radius 3 is 2.41 bits per heavy atom. The fraction of sp³-hybridized carbons (Fsp3) is 0.500. The lowest BCUT2D eigenvalue weighted by Gasteiger charge is -2.43. The van der Waals surface area contributed by atoms with Crippen LogP contribution in [-0.4, -0.2) is 50.5 Å². The van der Waals surface area contributed by atoms with Crippen LogP contribution < -0.4 is 10.6 Å². The molecule has 8 heteroatoms. The van der Waals surface area contributed by atoms with E-state index < -0.39 is 5.54 Å². The number of benzene rings is 1. The molecular weight excluding hydrogens is 406 g/mol. The molecular formula is C24H31N5O3. The summed E-state index contributed by atoms with van der Waals surface area (Å²) in [6.07, 6.45) is 4.16. The number of carbonyl (C=O) groups excluding carboxylic acids is 3. The van der Waals surface area contributed by atoms with Gasteiger partial charge in [-0.15, -0.1) is 0 Å². The summed E-state index contributed by atoms with van der Waals surface area (Å²) in [6.45, 7) is 8.16. The van der Waals surface area contributed by atoms with Gasteiger partial charge in [-0.1, -0.05) is 18.9 Å². The Morgan fingerprint density at radius 2 is 1.78 bits per heavy atom. The van der Waals surface area contributed by atoms with Crippen LogP contribution in [0.2, 0.25) is 0 Å². The Balaban J connectivity index is 1.58. The van der Waals surface area contributed by atoms with Crippen molar-refractivity contribution < 1.29 is 14.4 Å². The van der Waals surface area contributed by atoms with Crippen LogP contribution in [0.3, 0.4) is 0 Å². The average molecular weight is 438 g/mol. The van der Waals surface area contributed by atoms with Gasteiger partial charge >= 0.3 is 0 Å². The third-order valence-corrected chi connectivity index (χ3v) is 6.51. The summed E-state index contributed by atoms with van der Waals surface area (Å²) in [5.74, 6) is -0.840. The van der Waals surface area contributed by atoms with Crippen molar-refractivity contribution in [3.8, 4) is 0 Å². The van der Waals surface area contributed by atoms with E-state index in [1.165, 1.54) is 10.7 Å². The summed E-state index contributed by atoms with van der Waals surface area (Å²) in [5.41, 5.74) is 2.19. The molecule has 0 spiro atoms. The number of nitrogens with one attached hydrogen (secondary N) is 2. The highest BCUT2D eigenvalue weighted by Crippen LogP contribution is 2.29. The van der Waals surface area contributed by atoms with E-state index in [2.05, 4.69) is 15.7 Å². The predicted octanol–water partition coefficient (Wildman–Crippen LogP) is 3.05. The van der Waals surface area contributed by atoms with Crippen molar-refractivity contribution in [2.75, 3.05) is 11.9 Å². The van der Waals surface area contributed by atoms with Crippen LogP contribution in [0.5, 0.6) is 0 Å². The fourth-order valence-corrected chi connectivity index (χ4v) is 4.90. The largest absolute Gasteiger partial charge is 0.351 e. The summed E-state index contributed by atoms with van der Waals surface area (Å²) >= 11 is 0. The molecule has 2 aromatic rings. The minimum absolute atomic E-state index is 0.156. The number of anilines is 1. The van der Waals surface area contributed by atoms with Crippen LogP contribution >= 0.6 is 0 Å². The van der Waals surface area contributed by atoms with E-state index in [-0.39, 0.29) is 36.0 Å². The summed E-state index contributed by atoms with van der Waals surface area (Å²) in [5, 5.41) is 10.4. The molecule has 1 aliphatic heterocycles. The van der Waals surface area contributed by atoms with E-state index >= 15 is 0 Å². The molecule has 0 saturated heterocycles. The van der Waals surface area contributed by atoms with Crippen molar-refractivity contribution in [2.24, 2.45) is 0 Å². The Morgan fingerprint density at radius 1 is 1.12 bits per heavy atom. The van der Waals surface area contributed by atoms with E-state index in [1.807, 2.05) is 39.0 Å². The molecule has 8 nitrogen and oxygen atoms in total. The van der Waals surface area contributed by atoms with E-state index in [9.17, 15) is 14.4 Å². The molecule has 170 valence electrons. The van der Waals surface area contributed by atoms with E-state index in [4.69, 9.17) is 0 Å². The third-order valence-electron chi connectivity index (χ3n) is 6.51. The first kappa shape index (κ1) is 22.0. The highest BCUT2D eigenvalue weighted by Gasteiger charge is 2.48. The molecule has 3 amide bonds. The number of nitrogens with zero attached hydrogens (tertiary/aromatic N) is 3. The maximum absolute atomic E-state index is 13.2. The molecule has 0 radical (unpaired) electrons. The monoisotopic (exact) mass is 437 g/mol. The molecule has 1 saturated carbocycles. The maximum Gasteiger partial charge on any atom is 0.276 e. The normalized spacial score (nSPS) is 20.9. The predicted molar refractivity (Wildman–Crippen MR) is 122 cm³/mol. The topological polar surface area (TPSA) is 96.3 Å². The molecule has 4 rings (SSSR count). The molecule has 1 atom stereocenters. The van der Waals surface area contributed by atoms with Crippen LogP contribution in [0, 0.1) is 13.8 Å². The zero-order valence-electron chi connectivity index (χ0n) is 19.2. The molecule has 2 heterocycles. The lowest BCUT2D eigenvalue weighted by atomic mass is 9.94. The van der Waals surface area contributed by atoms with Gasteiger partial charge in [0.15, 0.2) is 5.69 Å². The average Bonchev–Trinajstić information content (AvgIpc) is 3.37. The Labute approximate surface area is 188 Å². The van der Waals surface area contributed by atoms with Gasteiger partial charge in [0.1, 0.15) is 11.2 Å². The Kier molecular flexibility index (Phi) is 5.79. The van der Waals surface area contributed by atoms with Gasteiger partial charge < -0.3 is 15.5 Å². The highest BCUT2D eigenvalue weighted by molar-refractivity contribution is 6.06. The molecule has 2 N–H and O–H groups in total. The fourth-order valence-electron chi connectivity index (χ4n) is 4.90.